The zero-order chi connectivity index (χ0) is 24.9. The predicted octanol–water partition coefficient (Wildman–Crippen LogP) is 4.74. The van der Waals surface area contributed by atoms with Crippen molar-refractivity contribution in [3.05, 3.63) is 71.4 Å². The van der Waals surface area contributed by atoms with Crippen LogP contribution in [0.1, 0.15) is 37.6 Å². The van der Waals surface area contributed by atoms with E-state index < -0.39 is 29.8 Å². The number of alkyl carbamates (subject to hydrolysis) is 1. The molecule has 0 aliphatic rings. The SMILES string of the molecule is COC(=O)C(Cc1c(C)n(C(=O)OC(C)(C)C)c2ccccc12)NC(=O)OCc1ccccc1. The van der Waals surface area contributed by atoms with Crippen LogP contribution in [-0.2, 0) is 32.0 Å². The summed E-state index contributed by atoms with van der Waals surface area (Å²) in [6, 6.07) is 15.6. The number of benzene rings is 2. The highest BCUT2D eigenvalue weighted by Gasteiger charge is 2.28. The van der Waals surface area contributed by atoms with Gasteiger partial charge in [-0.3, -0.25) is 0 Å². The Morgan fingerprint density at radius 2 is 1.65 bits per heavy atom. The van der Waals surface area contributed by atoms with E-state index in [0.717, 1.165) is 16.5 Å². The van der Waals surface area contributed by atoms with Crippen LogP contribution in [0.5, 0.6) is 0 Å². The Bertz CT molecular complexity index is 1180. The largest absolute Gasteiger partial charge is 0.467 e. The molecule has 34 heavy (non-hydrogen) atoms. The molecular formula is C26H30N2O6. The summed E-state index contributed by atoms with van der Waals surface area (Å²) in [5.41, 5.74) is 2.14. The third-order valence-electron chi connectivity index (χ3n) is 5.22. The third-order valence-corrected chi connectivity index (χ3v) is 5.22. The Kier molecular flexibility index (Phi) is 7.61. The molecule has 8 nitrogen and oxygen atoms in total. The molecule has 8 heteroatoms. The number of rotatable bonds is 6. The molecule has 0 bridgehead atoms. The van der Waals surface area contributed by atoms with Crippen molar-refractivity contribution in [1.29, 1.82) is 0 Å². The van der Waals surface area contributed by atoms with Crippen molar-refractivity contribution >= 4 is 29.1 Å². The number of amides is 1. The molecule has 1 atom stereocenters. The molecular weight excluding hydrogens is 436 g/mol. The van der Waals surface area contributed by atoms with Crippen LogP contribution in [0.3, 0.4) is 0 Å². The van der Waals surface area contributed by atoms with E-state index in [1.807, 2.05) is 54.6 Å². The van der Waals surface area contributed by atoms with Crippen molar-refractivity contribution in [1.82, 2.24) is 9.88 Å². The molecule has 1 N–H and O–H groups in total. The molecule has 1 amide bonds. The van der Waals surface area contributed by atoms with Gasteiger partial charge >= 0.3 is 18.2 Å². The minimum absolute atomic E-state index is 0.0670. The van der Waals surface area contributed by atoms with Gasteiger partial charge in [0.25, 0.3) is 0 Å². The summed E-state index contributed by atoms with van der Waals surface area (Å²) >= 11 is 0. The summed E-state index contributed by atoms with van der Waals surface area (Å²) in [4.78, 5) is 37.9. The molecule has 0 fully saturated rings. The Morgan fingerprint density at radius 1 is 1.00 bits per heavy atom. The number of carbonyl (C=O) groups excluding carboxylic acids is 3. The average molecular weight is 467 g/mol. The zero-order valence-electron chi connectivity index (χ0n) is 20.1. The van der Waals surface area contributed by atoms with E-state index in [1.165, 1.54) is 11.7 Å². The highest BCUT2D eigenvalue weighted by atomic mass is 16.6. The van der Waals surface area contributed by atoms with Crippen molar-refractivity contribution in [3.8, 4) is 0 Å². The summed E-state index contributed by atoms with van der Waals surface area (Å²) < 4.78 is 17.2. The number of nitrogens with zero attached hydrogens (tertiary/aromatic N) is 1. The smallest absolute Gasteiger partial charge is 0.419 e. The summed E-state index contributed by atoms with van der Waals surface area (Å²) in [6.07, 6.45) is -1.15. The van der Waals surface area contributed by atoms with Crippen LogP contribution < -0.4 is 5.32 Å². The lowest BCUT2D eigenvalue weighted by molar-refractivity contribution is -0.143. The molecule has 1 aromatic heterocycles. The summed E-state index contributed by atoms with van der Waals surface area (Å²) in [7, 11) is 1.25. The normalized spacial score (nSPS) is 12.1. The number of carbonyl (C=O) groups is 3. The second kappa shape index (κ2) is 10.4. The van der Waals surface area contributed by atoms with E-state index in [4.69, 9.17) is 14.2 Å². The van der Waals surface area contributed by atoms with E-state index in [1.54, 1.807) is 27.7 Å². The maximum atomic E-state index is 12.9. The standard InChI is InChI=1S/C26H30N2O6/c1-17-20(19-13-9-10-14-22(19)28(17)25(31)34-26(2,3)4)15-21(23(29)32-5)27-24(30)33-16-18-11-7-6-8-12-18/h6-14,21H,15-16H2,1-5H3,(H,27,30). The van der Waals surface area contributed by atoms with Gasteiger partial charge in [0.05, 0.1) is 12.6 Å². The van der Waals surface area contributed by atoms with Crippen LogP contribution in [0, 0.1) is 6.92 Å². The number of ether oxygens (including phenoxy) is 3. The maximum Gasteiger partial charge on any atom is 0.419 e. The minimum atomic E-state index is -1.01. The Hall–Kier alpha value is -3.81. The van der Waals surface area contributed by atoms with Crippen LogP contribution in [0.2, 0.25) is 0 Å². The molecule has 3 rings (SSSR count). The highest BCUT2D eigenvalue weighted by molar-refractivity contribution is 5.94. The molecule has 3 aromatic rings. The van der Waals surface area contributed by atoms with Crippen LogP contribution in [-0.4, -0.2) is 41.5 Å². The first kappa shape index (κ1) is 24.8. The van der Waals surface area contributed by atoms with Crippen molar-refractivity contribution in [3.63, 3.8) is 0 Å². The monoisotopic (exact) mass is 466 g/mol. The van der Waals surface area contributed by atoms with Crippen molar-refractivity contribution in [2.45, 2.75) is 52.4 Å². The summed E-state index contributed by atoms with van der Waals surface area (Å²) in [5, 5.41) is 3.37. The quantitative estimate of drug-likeness (QED) is 0.416. The van der Waals surface area contributed by atoms with Gasteiger partial charge in [0, 0.05) is 17.5 Å². The van der Waals surface area contributed by atoms with Crippen molar-refractivity contribution in [2.24, 2.45) is 0 Å². The van der Waals surface area contributed by atoms with E-state index in [9.17, 15) is 14.4 Å². The topological polar surface area (TPSA) is 95.9 Å². The number of aromatic nitrogens is 1. The Balaban J connectivity index is 1.86. The first-order valence-corrected chi connectivity index (χ1v) is 11.0. The number of para-hydroxylation sites is 1. The van der Waals surface area contributed by atoms with E-state index >= 15 is 0 Å². The second-order valence-electron chi connectivity index (χ2n) is 8.88. The molecule has 0 saturated carbocycles. The van der Waals surface area contributed by atoms with Crippen LogP contribution >= 0.6 is 0 Å². The van der Waals surface area contributed by atoms with Gasteiger partial charge in [0.1, 0.15) is 18.2 Å². The maximum absolute atomic E-state index is 12.9. The van der Waals surface area contributed by atoms with Gasteiger partial charge in [-0.1, -0.05) is 48.5 Å². The van der Waals surface area contributed by atoms with Gasteiger partial charge in [0.15, 0.2) is 0 Å². The van der Waals surface area contributed by atoms with Gasteiger partial charge in [-0.15, -0.1) is 0 Å². The fraction of sp³-hybridized carbons (Fsp3) is 0.346. The average Bonchev–Trinajstić information content (AvgIpc) is 3.07. The number of esters is 1. The van der Waals surface area contributed by atoms with E-state index in [-0.39, 0.29) is 13.0 Å². The van der Waals surface area contributed by atoms with E-state index in [0.29, 0.717) is 11.2 Å². The predicted molar refractivity (Wildman–Crippen MR) is 128 cm³/mol. The van der Waals surface area contributed by atoms with Gasteiger partial charge < -0.3 is 19.5 Å². The molecule has 0 spiro atoms. The summed E-state index contributed by atoms with van der Waals surface area (Å²) in [5.74, 6) is -0.620. The number of nitrogens with one attached hydrogen (secondary N) is 1. The number of hydrogen-bond acceptors (Lipinski definition) is 6. The lowest BCUT2D eigenvalue weighted by atomic mass is 10.0. The van der Waals surface area contributed by atoms with Crippen molar-refractivity contribution in [2.75, 3.05) is 7.11 Å². The fourth-order valence-electron chi connectivity index (χ4n) is 3.68. The van der Waals surface area contributed by atoms with E-state index in [2.05, 4.69) is 5.32 Å². The fourth-order valence-corrected chi connectivity index (χ4v) is 3.68. The van der Waals surface area contributed by atoms with Gasteiger partial charge in [0.2, 0.25) is 0 Å². The molecule has 0 radical (unpaired) electrons. The Morgan fingerprint density at radius 3 is 2.29 bits per heavy atom. The molecule has 1 heterocycles. The number of hydrogen-bond donors (Lipinski definition) is 1. The van der Waals surface area contributed by atoms with Crippen LogP contribution in [0.4, 0.5) is 9.59 Å². The molecule has 180 valence electrons. The van der Waals surface area contributed by atoms with Crippen LogP contribution in [0.25, 0.3) is 10.9 Å². The Labute approximate surface area is 198 Å². The van der Waals surface area contributed by atoms with Gasteiger partial charge in [-0.05, 0) is 44.9 Å². The first-order valence-electron chi connectivity index (χ1n) is 11.0. The molecule has 0 aliphatic heterocycles. The van der Waals surface area contributed by atoms with Crippen LogP contribution in [0.15, 0.2) is 54.6 Å². The second-order valence-corrected chi connectivity index (χ2v) is 8.88. The zero-order valence-corrected chi connectivity index (χ0v) is 20.1. The number of methoxy groups -OCH3 is 1. The third kappa shape index (κ3) is 5.95. The van der Waals surface area contributed by atoms with Gasteiger partial charge in [-0.25, -0.2) is 19.0 Å². The summed E-state index contributed by atoms with van der Waals surface area (Å²) in [6.45, 7) is 7.24. The minimum Gasteiger partial charge on any atom is -0.467 e. The lowest BCUT2D eigenvalue weighted by Gasteiger charge is -2.20. The molecule has 0 saturated heterocycles. The molecule has 1 unspecified atom stereocenters. The van der Waals surface area contributed by atoms with Crippen molar-refractivity contribution < 1.29 is 28.6 Å². The molecule has 2 aromatic carbocycles. The first-order chi connectivity index (χ1) is 16.1. The van der Waals surface area contributed by atoms with Gasteiger partial charge in [-0.2, -0.15) is 0 Å². The highest BCUT2D eigenvalue weighted by Crippen LogP contribution is 2.28. The number of fused-ring (bicyclic) bond motifs is 1. The molecule has 0 aliphatic carbocycles. The lowest BCUT2D eigenvalue weighted by Crippen LogP contribution is -2.43.